The van der Waals surface area contributed by atoms with Crippen molar-refractivity contribution in [2.45, 2.75) is 6.43 Å². The molecule has 0 aliphatic carbocycles. The molecular formula is C4H8F2N2O2. The Kier molecular flexibility index (Phi) is 4.47. The smallest absolute Gasteiger partial charge is 0.261 e. The number of halogens is 2. The first-order valence-corrected chi connectivity index (χ1v) is 2.49. The molecule has 60 valence electrons. The van der Waals surface area contributed by atoms with Crippen molar-refractivity contribution in [3.63, 3.8) is 0 Å². The molecule has 0 heterocycles. The van der Waals surface area contributed by atoms with Gasteiger partial charge in [-0.05, 0) is 0 Å². The van der Waals surface area contributed by atoms with Crippen molar-refractivity contribution in [3.8, 4) is 0 Å². The van der Waals surface area contributed by atoms with Gasteiger partial charge in [0.1, 0.15) is 13.2 Å². The largest absolute Gasteiger partial charge is 0.409 e. The molecule has 0 unspecified atom stereocenters. The summed E-state index contributed by atoms with van der Waals surface area (Å²) in [4.78, 5) is 0. The molecule has 0 aliphatic rings. The Bertz CT molecular complexity index is 118. The van der Waals surface area contributed by atoms with Gasteiger partial charge >= 0.3 is 0 Å². The lowest BCUT2D eigenvalue weighted by molar-refractivity contribution is 0.0316. The van der Waals surface area contributed by atoms with Gasteiger partial charge in [0.2, 0.25) is 0 Å². The van der Waals surface area contributed by atoms with Crippen LogP contribution in [0, 0.1) is 0 Å². The van der Waals surface area contributed by atoms with Gasteiger partial charge < -0.3 is 15.7 Å². The molecule has 0 aromatic rings. The summed E-state index contributed by atoms with van der Waals surface area (Å²) in [6, 6.07) is 0. The van der Waals surface area contributed by atoms with Crippen LogP contribution in [0.2, 0.25) is 0 Å². The van der Waals surface area contributed by atoms with Crippen molar-refractivity contribution >= 4 is 5.84 Å². The van der Waals surface area contributed by atoms with Crippen LogP contribution >= 0.6 is 0 Å². The highest BCUT2D eigenvalue weighted by Crippen LogP contribution is 1.91. The summed E-state index contributed by atoms with van der Waals surface area (Å²) in [5.74, 6) is -0.222. The number of oxime groups is 1. The third-order valence-electron chi connectivity index (χ3n) is 0.622. The van der Waals surface area contributed by atoms with Gasteiger partial charge in [0.15, 0.2) is 5.84 Å². The fourth-order valence-electron chi connectivity index (χ4n) is 0.281. The summed E-state index contributed by atoms with van der Waals surface area (Å²) in [6.07, 6.45) is -2.52. The van der Waals surface area contributed by atoms with Gasteiger partial charge in [-0.3, -0.25) is 0 Å². The van der Waals surface area contributed by atoms with Crippen LogP contribution in [0.5, 0.6) is 0 Å². The standard InChI is InChI=1S/C4H8F2N2O2/c5-3(6)1-10-2-4(7)8-9/h3,9H,1-2H2,(H2,7,8). The minimum atomic E-state index is -2.52. The second-order valence-corrected chi connectivity index (χ2v) is 1.50. The van der Waals surface area contributed by atoms with Crippen LogP contribution in [0.1, 0.15) is 0 Å². The van der Waals surface area contributed by atoms with Gasteiger partial charge in [-0.25, -0.2) is 8.78 Å². The van der Waals surface area contributed by atoms with Crippen LogP contribution < -0.4 is 5.73 Å². The van der Waals surface area contributed by atoms with E-state index in [0.29, 0.717) is 0 Å². The third kappa shape index (κ3) is 5.23. The molecule has 0 fully saturated rings. The molecule has 0 bridgehead atoms. The number of alkyl halides is 2. The SMILES string of the molecule is NC(COCC(F)F)=NO. The monoisotopic (exact) mass is 154 g/mol. The van der Waals surface area contributed by atoms with E-state index in [0.717, 1.165) is 0 Å². The summed E-state index contributed by atoms with van der Waals surface area (Å²) >= 11 is 0. The molecule has 10 heavy (non-hydrogen) atoms. The first-order chi connectivity index (χ1) is 4.66. The van der Waals surface area contributed by atoms with Gasteiger partial charge in [0, 0.05) is 0 Å². The van der Waals surface area contributed by atoms with Crippen molar-refractivity contribution in [3.05, 3.63) is 0 Å². The fraction of sp³-hybridized carbons (Fsp3) is 0.750. The van der Waals surface area contributed by atoms with E-state index < -0.39 is 13.0 Å². The highest BCUT2D eigenvalue weighted by atomic mass is 19.3. The molecule has 0 rings (SSSR count). The average Bonchev–Trinajstić information content (AvgIpc) is 1.87. The van der Waals surface area contributed by atoms with E-state index in [4.69, 9.17) is 10.9 Å². The van der Waals surface area contributed by atoms with Gasteiger partial charge in [-0.15, -0.1) is 0 Å². The zero-order valence-corrected chi connectivity index (χ0v) is 5.13. The number of hydrogen-bond acceptors (Lipinski definition) is 3. The Morgan fingerprint density at radius 3 is 2.70 bits per heavy atom. The molecule has 0 atom stereocenters. The van der Waals surface area contributed by atoms with Crippen molar-refractivity contribution in [2.75, 3.05) is 13.2 Å². The molecule has 0 spiro atoms. The van der Waals surface area contributed by atoms with Crippen molar-refractivity contribution < 1.29 is 18.7 Å². The van der Waals surface area contributed by atoms with E-state index in [9.17, 15) is 8.78 Å². The minimum Gasteiger partial charge on any atom is -0.409 e. The summed E-state index contributed by atoms with van der Waals surface area (Å²) in [7, 11) is 0. The normalized spacial score (nSPS) is 12.5. The van der Waals surface area contributed by atoms with Gasteiger partial charge in [0.05, 0.1) is 0 Å². The number of rotatable bonds is 4. The highest BCUT2D eigenvalue weighted by molar-refractivity contribution is 5.80. The average molecular weight is 154 g/mol. The Morgan fingerprint density at radius 1 is 1.70 bits per heavy atom. The number of hydrogen-bond donors (Lipinski definition) is 2. The van der Waals surface area contributed by atoms with E-state index in [1.54, 1.807) is 0 Å². The summed E-state index contributed by atoms with van der Waals surface area (Å²) in [6.45, 7) is -0.975. The fourth-order valence-corrected chi connectivity index (χ4v) is 0.281. The minimum absolute atomic E-state index is 0.222. The highest BCUT2D eigenvalue weighted by Gasteiger charge is 2.01. The predicted octanol–water partition coefficient (Wildman–Crippen LogP) is 0.0145. The second kappa shape index (κ2) is 4.92. The topological polar surface area (TPSA) is 67.8 Å². The maximum atomic E-state index is 11.3. The predicted molar refractivity (Wildman–Crippen MR) is 30.2 cm³/mol. The number of amidine groups is 1. The Balaban J connectivity index is 3.20. The van der Waals surface area contributed by atoms with Crippen LogP contribution in [-0.2, 0) is 4.74 Å². The summed E-state index contributed by atoms with van der Waals surface area (Å²) in [5.41, 5.74) is 4.89. The first-order valence-electron chi connectivity index (χ1n) is 2.49. The molecule has 0 aromatic heterocycles. The zero-order valence-electron chi connectivity index (χ0n) is 5.13. The van der Waals surface area contributed by atoms with E-state index in [-0.39, 0.29) is 12.4 Å². The molecule has 0 radical (unpaired) electrons. The molecular weight excluding hydrogens is 146 g/mol. The van der Waals surface area contributed by atoms with Crippen molar-refractivity contribution in [1.29, 1.82) is 0 Å². The quantitative estimate of drug-likeness (QED) is 0.259. The lowest BCUT2D eigenvalue weighted by Crippen LogP contribution is -2.20. The third-order valence-corrected chi connectivity index (χ3v) is 0.622. The lowest BCUT2D eigenvalue weighted by atomic mass is 10.6. The number of nitrogens with zero attached hydrogens (tertiary/aromatic N) is 1. The lowest BCUT2D eigenvalue weighted by Gasteiger charge is -1.99. The van der Waals surface area contributed by atoms with Gasteiger partial charge in [-0.1, -0.05) is 5.16 Å². The Morgan fingerprint density at radius 2 is 2.30 bits per heavy atom. The zero-order chi connectivity index (χ0) is 7.98. The van der Waals surface area contributed by atoms with E-state index in [1.807, 2.05) is 0 Å². The van der Waals surface area contributed by atoms with Crippen molar-refractivity contribution in [2.24, 2.45) is 10.9 Å². The molecule has 0 aromatic carbocycles. The Hall–Kier alpha value is -0.910. The molecule has 0 saturated carbocycles. The maximum Gasteiger partial charge on any atom is 0.261 e. The molecule has 0 aliphatic heterocycles. The van der Waals surface area contributed by atoms with Gasteiger partial charge in [-0.2, -0.15) is 0 Å². The van der Waals surface area contributed by atoms with Gasteiger partial charge in [0.25, 0.3) is 6.43 Å². The van der Waals surface area contributed by atoms with E-state index >= 15 is 0 Å². The second-order valence-electron chi connectivity index (χ2n) is 1.50. The molecule has 6 heteroatoms. The van der Waals surface area contributed by atoms with Crippen LogP contribution in [0.3, 0.4) is 0 Å². The first kappa shape index (κ1) is 9.09. The van der Waals surface area contributed by atoms with E-state index in [1.165, 1.54) is 0 Å². The molecule has 0 saturated heterocycles. The Labute approximate surface area is 56.3 Å². The van der Waals surface area contributed by atoms with E-state index in [2.05, 4.69) is 9.89 Å². The van der Waals surface area contributed by atoms with Crippen LogP contribution in [-0.4, -0.2) is 30.7 Å². The number of nitrogens with two attached hydrogens (primary N) is 1. The van der Waals surface area contributed by atoms with Crippen molar-refractivity contribution in [1.82, 2.24) is 0 Å². The summed E-state index contributed by atoms with van der Waals surface area (Å²) in [5, 5.41) is 10.4. The van der Waals surface area contributed by atoms with Crippen LogP contribution in [0.4, 0.5) is 8.78 Å². The molecule has 0 amide bonds. The molecule has 3 N–H and O–H groups in total. The maximum absolute atomic E-state index is 11.3. The molecule has 4 nitrogen and oxygen atoms in total. The summed E-state index contributed by atoms with van der Waals surface area (Å²) < 4.78 is 26.9. The van der Waals surface area contributed by atoms with Crippen LogP contribution in [0.25, 0.3) is 0 Å². The number of ether oxygens (including phenoxy) is 1. The van der Waals surface area contributed by atoms with Crippen LogP contribution in [0.15, 0.2) is 5.16 Å².